The van der Waals surface area contributed by atoms with Gasteiger partial charge >= 0.3 is 0 Å². The van der Waals surface area contributed by atoms with Crippen LogP contribution in [0.25, 0.3) is 10.9 Å². The molecule has 3 heterocycles. The van der Waals surface area contributed by atoms with Gasteiger partial charge in [0.25, 0.3) is 17.8 Å². The van der Waals surface area contributed by atoms with Gasteiger partial charge in [0.05, 0.1) is 25.8 Å². The number of nitrogens with one attached hydrogen (secondary N) is 2. The average Bonchev–Trinajstić information content (AvgIpc) is 2.82. The fraction of sp³-hybridized carbons (Fsp3) is 0.333. The fourth-order valence-corrected chi connectivity index (χ4v) is 2.82. The van der Waals surface area contributed by atoms with Gasteiger partial charge in [-0.3, -0.25) is 20.6 Å². The highest BCUT2D eigenvalue weighted by molar-refractivity contribution is 5.87. The van der Waals surface area contributed by atoms with E-state index in [1.165, 1.54) is 0 Å². The molecule has 12 nitrogen and oxygen atoms in total. The van der Waals surface area contributed by atoms with Crippen molar-refractivity contribution in [3.8, 4) is 11.5 Å². The molecule has 0 spiro atoms. The van der Waals surface area contributed by atoms with E-state index in [-0.39, 0.29) is 12.6 Å². The van der Waals surface area contributed by atoms with Crippen LogP contribution in [0.1, 0.15) is 0 Å². The fourth-order valence-electron chi connectivity index (χ4n) is 2.82. The van der Waals surface area contributed by atoms with E-state index in [9.17, 15) is 4.79 Å². The minimum Gasteiger partial charge on any atom is -0.497 e. The number of carbonyl (C=O) groups is 1. The lowest BCUT2D eigenvalue weighted by molar-refractivity contribution is -0.122. The second-order valence-corrected chi connectivity index (χ2v) is 6.28. The Balaban J connectivity index is 1.30. The molecule has 3 aromatic rings. The number of carbonyl (C=O) groups excluding carboxylic acids is 1. The summed E-state index contributed by atoms with van der Waals surface area (Å²) in [5, 5.41) is 16.6. The van der Waals surface area contributed by atoms with E-state index in [1.54, 1.807) is 25.4 Å². The predicted octanol–water partition coefficient (Wildman–Crippen LogP) is 0.182. The maximum atomic E-state index is 12.1. The van der Waals surface area contributed by atoms with Crippen LogP contribution >= 0.6 is 0 Å². The third-order valence-electron chi connectivity index (χ3n) is 4.34. The van der Waals surface area contributed by atoms with Gasteiger partial charge in [0.15, 0.2) is 6.61 Å². The second kappa shape index (κ2) is 9.13. The summed E-state index contributed by atoms with van der Waals surface area (Å²) in [6, 6.07) is 7.11. The first-order chi connectivity index (χ1) is 14.7. The third-order valence-corrected chi connectivity index (χ3v) is 4.34. The van der Waals surface area contributed by atoms with Crippen LogP contribution in [0.5, 0.6) is 11.5 Å². The van der Waals surface area contributed by atoms with Crippen LogP contribution in [0.15, 0.2) is 30.5 Å². The molecule has 0 saturated carbocycles. The Morgan fingerprint density at radius 2 is 1.97 bits per heavy atom. The minimum atomic E-state index is -0.427. The lowest BCUT2D eigenvalue weighted by atomic mass is 10.2. The van der Waals surface area contributed by atoms with Gasteiger partial charge in [0.1, 0.15) is 11.5 Å². The molecule has 0 radical (unpaired) electrons. The van der Waals surface area contributed by atoms with E-state index in [1.807, 2.05) is 17.0 Å². The van der Waals surface area contributed by atoms with Crippen molar-refractivity contribution in [2.75, 3.05) is 50.3 Å². The number of hydrazine groups is 1. The monoisotopic (exact) mass is 412 g/mol. The molecule has 1 saturated heterocycles. The van der Waals surface area contributed by atoms with Gasteiger partial charge in [-0.05, 0) is 24.3 Å². The SMILES string of the molecule is COc1ccc2nccc(OCC(=O)NNc3nnc(N4CCOCC4)nn3)c2c1. The summed E-state index contributed by atoms with van der Waals surface area (Å²) in [7, 11) is 1.58. The zero-order valence-electron chi connectivity index (χ0n) is 16.2. The van der Waals surface area contributed by atoms with Crippen LogP contribution in [0.3, 0.4) is 0 Å². The zero-order valence-corrected chi connectivity index (χ0v) is 16.2. The van der Waals surface area contributed by atoms with Gasteiger partial charge in [-0.15, -0.1) is 20.4 Å². The molecule has 12 heteroatoms. The van der Waals surface area contributed by atoms with Crippen molar-refractivity contribution >= 4 is 28.7 Å². The van der Waals surface area contributed by atoms with Gasteiger partial charge in [-0.1, -0.05) is 0 Å². The number of hydrogen-bond donors (Lipinski definition) is 2. The highest BCUT2D eigenvalue weighted by atomic mass is 16.5. The molecule has 1 aliphatic rings. The van der Waals surface area contributed by atoms with Gasteiger partial charge in [0, 0.05) is 24.7 Å². The zero-order chi connectivity index (χ0) is 20.8. The van der Waals surface area contributed by atoms with Crippen molar-refractivity contribution in [1.82, 2.24) is 30.8 Å². The van der Waals surface area contributed by atoms with Crippen LogP contribution in [0, 0.1) is 0 Å². The maximum Gasteiger partial charge on any atom is 0.280 e. The van der Waals surface area contributed by atoms with Crippen LogP contribution < -0.4 is 25.2 Å². The number of nitrogens with zero attached hydrogens (tertiary/aromatic N) is 6. The molecule has 0 unspecified atom stereocenters. The molecule has 1 aromatic carbocycles. The summed E-state index contributed by atoms with van der Waals surface area (Å²) < 4.78 is 16.1. The highest BCUT2D eigenvalue weighted by Crippen LogP contribution is 2.27. The van der Waals surface area contributed by atoms with Crippen LogP contribution in [0.2, 0.25) is 0 Å². The Morgan fingerprint density at radius 3 is 2.73 bits per heavy atom. The van der Waals surface area contributed by atoms with Crippen molar-refractivity contribution < 1.29 is 19.0 Å². The number of rotatable bonds is 7. The first kappa shape index (κ1) is 19.5. The minimum absolute atomic E-state index is 0.0689. The molecule has 1 fully saturated rings. The van der Waals surface area contributed by atoms with Crippen LogP contribution in [-0.4, -0.2) is 71.3 Å². The summed E-state index contributed by atoms with van der Waals surface area (Å²) in [4.78, 5) is 18.3. The van der Waals surface area contributed by atoms with E-state index >= 15 is 0 Å². The molecule has 2 aromatic heterocycles. The van der Waals surface area contributed by atoms with E-state index < -0.39 is 5.91 Å². The van der Waals surface area contributed by atoms with Gasteiger partial charge < -0.3 is 19.1 Å². The number of aromatic nitrogens is 5. The predicted molar refractivity (Wildman–Crippen MR) is 106 cm³/mol. The molecular weight excluding hydrogens is 392 g/mol. The standard InChI is InChI=1S/C18H20N8O4/c1-28-12-2-3-14-13(10-12)15(4-5-19-14)30-11-16(27)20-21-17-22-24-18(25-23-17)26-6-8-29-9-7-26/h2-5,10H,6-9,11H2,1H3,(H,20,27)(H,21,22,23). The quantitative estimate of drug-likeness (QED) is 0.514. The maximum absolute atomic E-state index is 12.1. The Bertz CT molecular complexity index is 1010. The van der Waals surface area contributed by atoms with Gasteiger partial charge in [-0.25, -0.2) is 0 Å². The molecule has 30 heavy (non-hydrogen) atoms. The van der Waals surface area contributed by atoms with E-state index in [4.69, 9.17) is 14.2 Å². The number of amides is 1. The van der Waals surface area contributed by atoms with E-state index in [0.29, 0.717) is 43.8 Å². The Kier molecular flexibility index (Phi) is 5.94. The highest BCUT2D eigenvalue weighted by Gasteiger charge is 2.15. The van der Waals surface area contributed by atoms with Gasteiger partial charge in [-0.2, -0.15) is 0 Å². The van der Waals surface area contributed by atoms with Crippen molar-refractivity contribution in [3.05, 3.63) is 30.5 Å². The number of benzene rings is 1. The number of anilines is 2. The number of hydrogen-bond acceptors (Lipinski definition) is 11. The molecule has 0 bridgehead atoms. The second-order valence-electron chi connectivity index (χ2n) is 6.28. The van der Waals surface area contributed by atoms with E-state index in [0.717, 1.165) is 10.9 Å². The molecule has 1 amide bonds. The first-order valence-corrected chi connectivity index (χ1v) is 9.23. The molecule has 0 aliphatic carbocycles. The topological polar surface area (TPSA) is 137 Å². The first-order valence-electron chi connectivity index (χ1n) is 9.23. The van der Waals surface area contributed by atoms with E-state index in [2.05, 4.69) is 36.2 Å². The molecule has 156 valence electrons. The summed E-state index contributed by atoms with van der Waals surface area (Å²) in [6.45, 7) is 2.35. The summed E-state index contributed by atoms with van der Waals surface area (Å²) in [5.74, 6) is 1.24. The van der Waals surface area contributed by atoms with Crippen molar-refractivity contribution in [2.45, 2.75) is 0 Å². The average molecular weight is 412 g/mol. The summed E-state index contributed by atoms with van der Waals surface area (Å²) >= 11 is 0. The Hall–Kier alpha value is -3.80. The largest absolute Gasteiger partial charge is 0.497 e. The van der Waals surface area contributed by atoms with Crippen LogP contribution in [0.4, 0.5) is 11.9 Å². The molecule has 4 rings (SSSR count). The van der Waals surface area contributed by atoms with Gasteiger partial charge in [0.2, 0.25) is 0 Å². The molecule has 2 N–H and O–H groups in total. The molecule has 1 aliphatic heterocycles. The smallest absolute Gasteiger partial charge is 0.280 e. The number of morpholine rings is 1. The van der Waals surface area contributed by atoms with Crippen molar-refractivity contribution in [1.29, 1.82) is 0 Å². The van der Waals surface area contributed by atoms with Crippen molar-refractivity contribution in [2.24, 2.45) is 0 Å². The number of fused-ring (bicyclic) bond motifs is 1. The van der Waals surface area contributed by atoms with Crippen molar-refractivity contribution in [3.63, 3.8) is 0 Å². The van der Waals surface area contributed by atoms with Crippen LogP contribution in [-0.2, 0) is 9.53 Å². The lowest BCUT2D eigenvalue weighted by Crippen LogP contribution is -2.38. The molecular formula is C18H20N8O4. The molecule has 0 atom stereocenters. The third kappa shape index (κ3) is 4.60. The normalized spacial score (nSPS) is 13.7. The Morgan fingerprint density at radius 1 is 1.17 bits per heavy atom. The number of methoxy groups -OCH3 is 1. The summed E-state index contributed by atoms with van der Waals surface area (Å²) in [6.07, 6.45) is 1.61. The number of pyridine rings is 1. The summed E-state index contributed by atoms with van der Waals surface area (Å²) in [5.41, 5.74) is 5.74. The lowest BCUT2D eigenvalue weighted by Gasteiger charge is -2.25. The number of ether oxygens (including phenoxy) is 3. The Labute approximate surface area is 171 Å².